The molecule has 2 aliphatic heterocycles. The Hall–Kier alpha value is -2.22. The SMILES string of the molecule is CC1CCN(C(=O)COC(=O)CCCN2C(=O)c3ccc(Br)cc3C2=O)CC1. The van der Waals surface area contributed by atoms with Crippen molar-refractivity contribution in [3.05, 3.63) is 33.8 Å². The van der Waals surface area contributed by atoms with Crippen molar-refractivity contribution in [3.63, 3.8) is 0 Å². The molecule has 1 aromatic rings. The summed E-state index contributed by atoms with van der Waals surface area (Å²) in [5.74, 6) is -0.765. The Morgan fingerprint density at radius 1 is 1.14 bits per heavy atom. The van der Waals surface area contributed by atoms with E-state index < -0.39 is 5.97 Å². The van der Waals surface area contributed by atoms with Crippen LogP contribution in [0.4, 0.5) is 0 Å². The minimum absolute atomic E-state index is 0.0431. The molecule has 28 heavy (non-hydrogen) atoms. The molecule has 7 nitrogen and oxygen atoms in total. The van der Waals surface area contributed by atoms with Crippen LogP contribution in [-0.2, 0) is 14.3 Å². The first-order valence-electron chi connectivity index (χ1n) is 9.46. The zero-order valence-corrected chi connectivity index (χ0v) is 17.4. The number of hydrogen-bond donors (Lipinski definition) is 0. The van der Waals surface area contributed by atoms with Gasteiger partial charge in [-0.2, -0.15) is 0 Å². The van der Waals surface area contributed by atoms with Gasteiger partial charge in [0.05, 0.1) is 11.1 Å². The Balaban J connectivity index is 1.40. The first-order valence-corrected chi connectivity index (χ1v) is 10.2. The number of fused-ring (bicyclic) bond motifs is 1. The molecule has 0 N–H and O–H groups in total. The first kappa shape index (κ1) is 20.5. The fourth-order valence-electron chi connectivity index (χ4n) is 3.41. The number of esters is 1. The van der Waals surface area contributed by atoms with E-state index in [1.165, 1.54) is 0 Å². The van der Waals surface area contributed by atoms with Crippen LogP contribution in [0.5, 0.6) is 0 Å². The highest BCUT2D eigenvalue weighted by molar-refractivity contribution is 9.10. The highest BCUT2D eigenvalue weighted by atomic mass is 79.9. The third-order valence-corrected chi connectivity index (χ3v) is 5.68. The molecule has 1 fully saturated rings. The van der Waals surface area contributed by atoms with Crippen molar-refractivity contribution in [2.45, 2.75) is 32.6 Å². The number of ether oxygens (including phenoxy) is 1. The van der Waals surface area contributed by atoms with Gasteiger partial charge >= 0.3 is 5.97 Å². The molecule has 2 heterocycles. The monoisotopic (exact) mass is 450 g/mol. The maximum absolute atomic E-state index is 12.4. The van der Waals surface area contributed by atoms with Gasteiger partial charge in [-0.3, -0.25) is 24.1 Å². The Bertz CT molecular complexity index is 802. The molecule has 1 aromatic carbocycles. The van der Waals surface area contributed by atoms with E-state index in [0.29, 0.717) is 36.6 Å². The molecule has 0 saturated carbocycles. The molecule has 0 bridgehead atoms. The lowest BCUT2D eigenvalue weighted by molar-refractivity contribution is -0.152. The summed E-state index contributed by atoms with van der Waals surface area (Å²) in [7, 11) is 0. The van der Waals surface area contributed by atoms with Crippen LogP contribution in [0.2, 0.25) is 0 Å². The van der Waals surface area contributed by atoms with E-state index in [4.69, 9.17) is 4.74 Å². The number of carbonyl (C=O) groups is 4. The van der Waals surface area contributed by atoms with Crippen LogP contribution >= 0.6 is 15.9 Å². The predicted octanol–water partition coefficient (Wildman–Crippen LogP) is 2.63. The molecule has 0 unspecified atom stereocenters. The van der Waals surface area contributed by atoms with Crippen LogP contribution in [0.1, 0.15) is 53.3 Å². The fourth-order valence-corrected chi connectivity index (χ4v) is 3.77. The Kier molecular flexibility index (Phi) is 6.49. The molecule has 3 rings (SSSR count). The van der Waals surface area contributed by atoms with Gasteiger partial charge in [-0.1, -0.05) is 22.9 Å². The molecular weight excluding hydrogens is 428 g/mol. The fraction of sp³-hybridized carbons (Fsp3) is 0.500. The second kappa shape index (κ2) is 8.86. The summed E-state index contributed by atoms with van der Waals surface area (Å²) >= 11 is 3.29. The van der Waals surface area contributed by atoms with Crippen molar-refractivity contribution in [1.82, 2.24) is 9.80 Å². The third kappa shape index (κ3) is 4.60. The van der Waals surface area contributed by atoms with Crippen LogP contribution < -0.4 is 0 Å². The van der Waals surface area contributed by atoms with Gasteiger partial charge in [0.15, 0.2) is 6.61 Å². The molecule has 0 spiro atoms. The molecule has 1 saturated heterocycles. The van der Waals surface area contributed by atoms with E-state index >= 15 is 0 Å². The van der Waals surface area contributed by atoms with Crippen LogP contribution in [-0.4, -0.2) is 59.7 Å². The number of piperidine rings is 1. The maximum Gasteiger partial charge on any atom is 0.306 e. The van der Waals surface area contributed by atoms with Gasteiger partial charge in [-0.15, -0.1) is 0 Å². The van der Waals surface area contributed by atoms with Crippen molar-refractivity contribution in [2.24, 2.45) is 5.92 Å². The average Bonchev–Trinajstić information content (AvgIpc) is 2.91. The second-order valence-electron chi connectivity index (χ2n) is 7.28. The van der Waals surface area contributed by atoms with Crippen LogP contribution in [0.25, 0.3) is 0 Å². The Morgan fingerprint density at radius 2 is 1.82 bits per heavy atom. The highest BCUT2D eigenvalue weighted by Crippen LogP contribution is 2.26. The molecular formula is C20H23BrN2O5. The predicted molar refractivity (Wildman–Crippen MR) is 105 cm³/mol. The first-order chi connectivity index (χ1) is 13.4. The molecule has 8 heteroatoms. The summed E-state index contributed by atoms with van der Waals surface area (Å²) in [4.78, 5) is 51.5. The van der Waals surface area contributed by atoms with Crippen molar-refractivity contribution in [3.8, 4) is 0 Å². The van der Waals surface area contributed by atoms with E-state index in [-0.39, 0.29) is 37.3 Å². The van der Waals surface area contributed by atoms with E-state index in [0.717, 1.165) is 22.2 Å². The van der Waals surface area contributed by atoms with Crippen LogP contribution in [0, 0.1) is 5.92 Å². The molecule has 0 radical (unpaired) electrons. The zero-order chi connectivity index (χ0) is 20.3. The molecule has 0 atom stereocenters. The number of hydrogen-bond acceptors (Lipinski definition) is 5. The minimum Gasteiger partial charge on any atom is -0.456 e. The van der Waals surface area contributed by atoms with E-state index in [1.54, 1.807) is 23.1 Å². The van der Waals surface area contributed by atoms with Gasteiger partial charge in [-0.25, -0.2) is 0 Å². The summed E-state index contributed by atoms with van der Waals surface area (Å²) in [6.07, 6.45) is 2.27. The quantitative estimate of drug-likeness (QED) is 0.491. The zero-order valence-electron chi connectivity index (χ0n) is 15.8. The lowest BCUT2D eigenvalue weighted by atomic mass is 9.99. The smallest absolute Gasteiger partial charge is 0.306 e. The van der Waals surface area contributed by atoms with Crippen molar-refractivity contribution in [1.29, 1.82) is 0 Å². The van der Waals surface area contributed by atoms with Crippen molar-refractivity contribution < 1.29 is 23.9 Å². The van der Waals surface area contributed by atoms with E-state index in [1.807, 2.05) is 0 Å². The van der Waals surface area contributed by atoms with Crippen molar-refractivity contribution in [2.75, 3.05) is 26.2 Å². The van der Waals surface area contributed by atoms with Gasteiger partial charge in [-0.05, 0) is 43.4 Å². The van der Waals surface area contributed by atoms with Gasteiger partial charge < -0.3 is 9.64 Å². The number of benzene rings is 1. The summed E-state index contributed by atoms with van der Waals surface area (Å²) < 4.78 is 5.78. The number of likely N-dealkylation sites (tertiary alicyclic amines) is 1. The third-order valence-electron chi connectivity index (χ3n) is 5.19. The lowest BCUT2D eigenvalue weighted by Crippen LogP contribution is -2.40. The van der Waals surface area contributed by atoms with Crippen LogP contribution in [0.15, 0.2) is 22.7 Å². The largest absolute Gasteiger partial charge is 0.456 e. The standard InChI is InChI=1S/C20H23BrN2O5/c1-13-6-9-22(10-7-13)17(24)12-28-18(25)3-2-8-23-19(26)15-5-4-14(21)11-16(15)20(23)27/h4-5,11,13H,2-3,6-10,12H2,1H3. The summed E-state index contributed by atoms with van der Waals surface area (Å²) in [5, 5.41) is 0. The summed E-state index contributed by atoms with van der Waals surface area (Å²) in [5.41, 5.74) is 0.737. The number of nitrogens with zero attached hydrogens (tertiary/aromatic N) is 2. The molecule has 3 amide bonds. The maximum atomic E-state index is 12.4. The minimum atomic E-state index is -0.502. The van der Waals surface area contributed by atoms with Gasteiger partial charge in [0.1, 0.15) is 0 Å². The number of imide groups is 1. The number of carbonyl (C=O) groups excluding carboxylic acids is 4. The normalized spacial score (nSPS) is 17.1. The van der Waals surface area contributed by atoms with Gasteiger partial charge in [0.25, 0.3) is 17.7 Å². The second-order valence-corrected chi connectivity index (χ2v) is 8.20. The highest BCUT2D eigenvalue weighted by Gasteiger charge is 2.35. The molecule has 0 aliphatic carbocycles. The van der Waals surface area contributed by atoms with E-state index in [2.05, 4.69) is 22.9 Å². The van der Waals surface area contributed by atoms with E-state index in [9.17, 15) is 19.2 Å². The molecule has 0 aromatic heterocycles. The Labute approximate surface area is 172 Å². The Morgan fingerprint density at radius 3 is 2.54 bits per heavy atom. The van der Waals surface area contributed by atoms with Gasteiger partial charge in [0.2, 0.25) is 0 Å². The summed E-state index contributed by atoms with van der Waals surface area (Å²) in [6.45, 7) is 3.45. The lowest BCUT2D eigenvalue weighted by Gasteiger charge is -2.30. The topological polar surface area (TPSA) is 84.0 Å². The molecule has 2 aliphatic rings. The number of amides is 3. The summed E-state index contributed by atoms with van der Waals surface area (Å²) in [6, 6.07) is 4.95. The van der Waals surface area contributed by atoms with Crippen LogP contribution in [0.3, 0.4) is 0 Å². The number of rotatable bonds is 6. The van der Waals surface area contributed by atoms with Gasteiger partial charge in [0, 0.05) is 30.5 Å². The molecule has 150 valence electrons. The average molecular weight is 451 g/mol. The van der Waals surface area contributed by atoms with Crippen molar-refractivity contribution >= 4 is 39.6 Å². The number of halogens is 1.